The fraction of sp³-hybridized carbons (Fsp3) is 0.533. The lowest BCUT2D eigenvalue weighted by molar-refractivity contribution is 0.0763. The lowest BCUT2D eigenvalue weighted by atomic mass is 10.1. The van der Waals surface area contributed by atoms with Crippen molar-refractivity contribution in [3.05, 3.63) is 29.6 Å². The van der Waals surface area contributed by atoms with E-state index in [4.69, 9.17) is 4.74 Å². The standard InChI is InChI=1S/C15H21FN2O4S/c1-3-23(20,21)18-8-4-7-17(9-10-18)15(19)12-5-6-14(22-2)13(16)11-12/h5-6,11H,3-4,7-10H2,1-2H3. The molecule has 8 heteroatoms. The average molecular weight is 344 g/mol. The van der Waals surface area contributed by atoms with Crippen molar-refractivity contribution >= 4 is 15.9 Å². The summed E-state index contributed by atoms with van der Waals surface area (Å²) in [6, 6.07) is 4.07. The van der Waals surface area contributed by atoms with E-state index in [9.17, 15) is 17.6 Å². The van der Waals surface area contributed by atoms with Gasteiger partial charge in [-0.2, -0.15) is 0 Å². The summed E-state index contributed by atoms with van der Waals surface area (Å²) in [4.78, 5) is 14.0. The number of sulfonamides is 1. The first-order valence-electron chi connectivity index (χ1n) is 7.49. The van der Waals surface area contributed by atoms with Gasteiger partial charge in [0.2, 0.25) is 10.0 Å². The maximum Gasteiger partial charge on any atom is 0.254 e. The molecule has 0 aromatic heterocycles. The number of benzene rings is 1. The molecule has 0 spiro atoms. The fourth-order valence-corrected chi connectivity index (χ4v) is 3.67. The van der Waals surface area contributed by atoms with Gasteiger partial charge in [-0.3, -0.25) is 4.79 Å². The molecule has 2 rings (SSSR count). The number of carbonyl (C=O) groups is 1. The monoisotopic (exact) mass is 344 g/mol. The maximum atomic E-state index is 13.7. The van der Waals surface area contributed by atoms with E-state index >= 15 is 0 Å². The lowest BCUT2D eigenvalue weighted by Crippen LogP contribution is -2.38. The molecule has 1 fully saturated rings. The summed E-state index contributed by atoms with van der Waals surface area (Å²) in [5.41, 5.74) is 0.232. The van der Waals surface area contributed by atoms with Crippen LogP contribution in [0.5, 0.6) is 5.75 Å². The van der Waals surface area contributed by atoms with Crippen LogP contribution in [-0.2, 0) is 10.0 Å². The Labute approximate surface area is 135 Å². The Balaban J connectivity index is 2.10. The highest BCUT2D eigenvalue weighted by Crippen LogP contribution is 2.19. The molecular formula is C15H21FN2O4S. The molecule has 128 valence electrons. The number of methoxy groups -OCH3 is 1. The molecule has 1 aromatic rings. The molecule has 0 N–H and O–H groups in total. The number of halogens is 1. The van der Waals surface area contributed by atoms with Crippen LogP contribution < -0.4 is 4.74 Å². The van der Waals surface area contributed by atoms with Gasteiger partial charge in [-0.15, -0.1) is 0 Å². The van der Waals surface area contributed by atoms with Crippen LogP contribution in [0.3, 0.4) is 0 Å². The van der Waals surface area contributed by atoms with Crippen molar-refractivity contribution in [3.8, 4) is 5.75 Å². The summed E-state index contributed by atoms with van der Waals surface area (Å²) >= 11 is 0. The molecule has 1 aliphatic rings. The first-order valence-corrected chi connectivity index (χ1v) is 9.10. The number of amides is 1. The highest BCUT2D eigenvalue weighted by atomic mass is 32.2. The molecule has 1 aliphatic heterocycles. The fourth-order valence-electron chi connectivity index (χ4n) is 2.54. The average Bonchev–Trinajstić information content (AvgIpc) is 2.80. The van der Waals surface area contributed by atoms with Crippen LogP contribution in [0.25, 0.3) is 0 Å². The van der Waals surface area contributed by atoms with Crippen molar-refractivity contribution < 1.29 is 22.3 Å². The van der Waals surface area contributed by atoms with Crippen LogP contribution in [0.2, 0.25) is 0 Å². The van der Waals surface area contributed by atoms with E-state index in [2.05, 4.69) is 0 Å². The third-order valence-electron chi connectivity index (χ3n) is 3.90. The summed E-state index contributed by atoms with van der Waals surface area (Å²) in [6.45, 7) is 3.01. The topological polar surface area (TPSA) is 66.9 Å². The Morgan fingerprint density at radius 1 is 1.26 bits per heavy atom. The van der Waals surface area contributed by atoms with Crippen LogP contribution >= 0.6 is 0 Å². The Morgan fingerprint density at radius 2 is 2.00 bits per heavy atom. The summed E-state index contributed by atoms with van der Waals surface area (Å²) in [6.07, 6.45) is 0.559. The maximum absolute atomic E-state index is 13.7. The lowest BCUT2D eigenvalue weighted by Gasteiger charge is -2.21. The Hall–Kier alpha value is -1.67. The third kappa shape index (κ3) is 4.00. The molecule has 1 amide bonds. The molecule has 23 heavy (non-hydrogen) atoms. The summed E-state index contributed by atoms with van der Waals surface area (Å²) in [5.74, 6) is -0.770. The van der Waals surface area contributed by atoms with Gasteiger partial charge in [0, 0.05) is 31.7 Å². The zero-order chi connectivity index (χ0) is 17.0. The number of hydrogen-bond donors (Lipinski definition) is 0. The zero-order valence-electron chi connectivity index (χ0n) is 13.3. The normalized spacial score (nSPS) is 16.9. The number of ether oxygens (including phenoxy) is 1. The zero-order valence-corrected chi connectivity index (χ0v) is 14.1. The van der Waals surface area contributed by atoms with E-state index in [1.807, 2.05) is 0 Å². The van der Waals surface area contributed by atoms with Gasteiger partial charge in [-0.25, -0.2) is 17.1 Å². The summed E-state index contributed by atoms with van der Waals surface area (Å²) in [7, 11) is -1.90. The molecule has 0 aliphatic carbocycles. The van der Waals surface area contributed by atoms with Gasteiger partial charge < -0.3 is 9.64 Å². The minimum Gasteiger partial charge on any atom is -0.494 e. The second kappa shape index (κ2) is 7.27. The van der Waals surface area contributed by atoms with E-state index in [1.165, 1.54) is 23.5 Å². The molecule has 0 atom stereocenters. The highest BCUT2D eigenvalue weighted by Gasteiger charge is 2.26. The predicted molar refractivity (Wildman–Crippen MR) is 84.5 cm³/mol. The van der Waals surface area contributed by atoms with E-state index in [0.717, 1.165) is 6.07 Å². The first-order chi connectivity index (χ1) is 10.9. The van der Waals surface area contributed by atoms with Crippen molar-refractivity contribution in [2.45, 2.75) is 13.3 Å². The second-order valence-electron chi connectivity index (χ2n) is 5.29. The minimum atomic E-state index is -3.26. The van der Waals surface area contributed by atoms with Crippen molar-refractivity contribution in [1.29, 1.82) is 0 Å². The Bertz CT molecular complexity index is 678. The van der Waals surface area contributed by atoms with Gasteiger partial charge in [0.1, 0.15) is 0 Å². The Kier molecular flexibility index (Phi) is 5.59. The van der Waals surface area contributed by atoms with E-state index in [1.54, 1.807) is 11.8 Å². The largest absolute Gasteiger partial charge is 0.494 e. The van der Waals surface area contributed by atoms with Gasteiger partial charge in [0.15, 0.2) is 11.6 Å². The van der Waals surface area contributed by atoms with Gasteiger partial charge in [0.05, 0.1) is 12.9 Å². The SMILES string of the molecule is CCS(=O)(=O)N1CCCN(C(=O)c2ccc(OC)c(F)c2)CC1. The predicted octanol–water partition coefficient (Wildman–Crippen LogP) is 1.33. The van der Waals surface area contributed by atoms with Crippen LogP contribution in [0.15, 0.2) is 18.2 Å². The molecule has 0 unspecified atom stereocenters. The molecule has 0 bridgehead atoms. The second-order valence-corrected chi connectivity index (χ2v) is 7.55. The molecule has 0 saturated carbocycles. The minimum absolute atomic E-state index is 0.0463. The van der Waals surface area contributed by atoms with Gasteiger partial charge >= 0.3 is 0 Å². The first kappa shape index (κ1) is 17.7. The van der Waals surface area contributed by atoms with Crippen LogP contribution in [-0.4, -0.2) is 62.6 Å². The van der Waals surface area contributed by atoms with Crippen LogP contribution in [0.1, 0.15) is 23.7 Å². The number of rotatable bonds is 4. The number of nitrogens with zero attached hydrogens (tertiary/aromatic N) is 2. The summed E-state index contributed by atoms with van der Waals surface area (Å²) in [5, 5.41) is 0. The van der Waals surface area contributed by atoms with Crippen molar-refractivity contribution in [2.75, 3.05) is 39.0 Å². The van der Waals surface area contributed by atoms with Crippen LogP contribution in [0.4, 0.5) is 4.39 Å². The van der Waals surface area contributed by atoms with Gasteiger partial charge in [-0.05, 0) is 31.5 Å². The van der Waals surface area contributed by atoms with E-state index in [0.29, 0.717) is 26.1 Å². The van der Waals surface area contributed by atoms with Crippen molar-refractivity contribution in [2.24, 2.45) is 0 Å². The molecule has 1 saturated heterocycles. The van der Waals surface area contributed by atoms with Crippen LogP contribution in [0, 0.1) is 5.82 Å². The van der Waals surface area contributed by atoms with Gasteiger partial charge in [0.25, 0.3) is 5.91 Å². The molecule has 6 nitrogen and oxygen atoms in total. The molecular weight excluding hydrogens is 323 g/mol. The third-order valence-corrected chi connectivity index (χ3v) is 5.78. The smallest absolute Gasteiger partial charge is 0.254 e. The van der Waals surface area contributed by atoms with Gasteiger partial charge in [-0.1, -0.05) is 0 Å². The summed E-state index contributed by atoms with van der Waals surface area (Å²) < 4.78 is 43.8. The highest BCUT2D eigenvalue weighted by molar-refractivity contribution is 7.89. The number of carbonyl (C=O) groups excluding carboxylic acids is 1. The molecule has 1 aromatic carbocycles. The van der Waals surface area contributed by atoms with Crippen molar-refractivity contribution in [1.82, 2.24) is 9.21 Å². The van der Waals surface area contributed by atoms with E-state index < -0.39 is 15.8 Å². The quantitative estimate of drug-likeness (QED) is 0.826. The number of hydrogen-bond acceptors (Lipinski definition) is 4. The Morgan fingerprint density at radius 3 is 2.61 bits per heavy atom. The van der Waals surface area contributed by atoms with E-state index in [-0.39, 0.29) is 29.5 Å². The molecule has 0 radical (unpaired) electrons. The molecule has 1 heterocycles. The van der Waals surface area contributed by atoms with Crippen molar-refractivity contribution in [3.63, 3.8) is 0 Å².